The van der Waals surface area contributed by atoms with E-state index in [-0.39, 0.29) is 0 Å². The molecule has 0 fully saturated rings. The Morgan fingerprint density at radius 2 is 0.826 bits per heavy atom. The van der Waals surface area contributed by atoms with Crippen molar-refractivity contribution in [2.45, 2.75) is 0 Å². The molecule has 0 spiro atoms. The van der Waals surface area contributed by atoms with E-state index in [1.807, 2.05) is 24.3 Å². The van der Waals surface area contributed by atoms with Crippen LogP contribution in [0.2, 0.25) is 0 Å². The van der Waals surface area contributed by atoms with Gasteiger partial charge in [-0.1, -0.05) is 109 Å². The first-order chi connectivity index (χ1) is 22.8. The monoisotopic (exact) mass is 585 g/mol. The Bertz CT molecular complexity index is 2610. The summed E-state index contributed by atoms with van der Waals surface area (Å²) in [5.41, 5.74) is 12.3. The number of para-hydroxylation sites is 3. The van der Waals surface area contributed by atoms with Crippen LogP contribution in [-0.4, -0.2) is 9.13 Å². The molecule has 0 aliphatic carbocycles. The lowest BCUT2D eigenvalue weighted by Gasteiger charge is -2.11. The SMILES string of the molecule is [C-]#[N+]c1ccc(-c2ccc(-n3c4ccccc4c4ccc(-c5ccc6c(c5)c5ccccc5n6-c5ccccc5)cc43)cc2)cc1. The Kier molecular flexibility index (Phi) is 5.88. The summed E-state index contributed by atoms with van der Waals surface area (Å²) >= 11 is 0. The molecule has 0 atom stereocenters. The molecule has 0 amide bonds. The molecule has 3 heteroatoms. The first-order valence-corrected chi connectivity index (χ1v) is 15.5. The first kappa shape index (κ1) is 26.1. The van der Waals surface area contributed by atoms with E-state index >= 15 is 0 Å². The van der Waals surface area contributed by atoms with Gasteiger partial charge >= 0.3 is 0 Å². The van der Waals surface area contributed by atoms with Crippen LogP contribution in [0.3, 0.4) is 0 Å². The van der Waals surface area contributed by atoms with E-state index in [1.165, 1.54) is 60.4 Å². The highest BCUT2D eigenvalue weighted by atomic mass is 15.0. The second-order valence-electron chi connectivity index (χ2n) is 11.7. The van der Waals surface area contributed by atoms with Crippen LogP contribution in [-0.2, 0) is 0 Å². The summed E-state index contributed by atoms with van der Waals surface area (Å²) in [5.74, 6) is 0. The van der Waals surface area contributed by atoms with Crippen LogP contribution in [0.25, 0.3) is 82.1 Å². The lowest BCUT2D eigenvalue weighted by atomic mass is 10.0. The number of rotatable bonds is 4. The molecular formula is C43H27N3. The molecule has 214 valence electrons. The minimum Gasteiger partial charge on any atom is -0.309 e. The first-order valence-electron chi connectivity index (χ1n) is 15.5. The van der Waals surface area contributed by atoms with Crippen molar-refractivity contribution in [3.05, 3.63) is 175 Å². The fourth-order valence-corrected chi connectivity index (χ4v) is 6.97. The van der Waals surface area contributed by atoms with Gasteiger partial charge in [0, 0.05) is 32.9 Å². The normalized spacial score (nSPS) is 11.5. The number of hydrogen-bond donors (Lipinski definition) is 0. The van der Waals surface area contributed by atoms with Crippen molar-refractivity contribution < 1.29 is 0 Å². The van der Waals surface area contributed by atoms with E-state index in [0.29, 0.717) is 5.69 Å². The number of hydrogen-bond acceptors (Lipinski definition) is 0. The maximum absolute atomic E-state index is 7.25. The largest absolute Gasteiger partial charge is 0.309 e. The highest BCUT2D eigenvalue weighted by molar-refractivity contribution is 6.12. The van der Waals surface area contributed by atoms with Gasteiger partial charge in [0.2, 0.25) is 0 Å². The van der Waals surface area contributed by atoms with Crippen LogP contribution in [0.1, 0.15) is 0 Å². The lowest BCUT2D eigenvalue weighted by molar-refractivity contribution is 1.18. The molecule has 0 saturated carbocycles. The van der Waals surface area contributed by atoms with Crippen LogP contribution in [0.15, 0.2) is 164 Å². The zero-order valence-corrected chi connectivity index (χ0v) is 24.9. The maximum atomic E-state index is 7.25. The number of aromatic nitrogens is 2. The van der Waals surface area contributed by atoms with Crippen molar-refractivity contribution in [2.75, 3.05) is 0 Å². The van der Waals surface area contributed by atoms with E-state index < -0.39 is 0 Å². The molecule has 7 aromatic carbocycles. The molecule has 9 rings (SSSR count). The van der Waals surface area contributed by atoms with Crippen molar-refractivity contribution in [1.82, 2.24) is 9.13 Å². The quantitative estimate of drug-likeness (QED) is 0.182. The zero-order chi connectivity index (χ0) is 30.6. The molecule has 0 N–H and O–H groups in total. The van der Waals surface area contributed by atoms with Crippen LogP contribution < -0.4 is 0 Å². The average molecular weight is 586 g/mol. The highest BCUT2D eigenvalue weighted by Crippen LogP contribution is 2.38. The molecule has 0 aliphatic heterocycles. The van der Waals surface area contributed by atoms with Gasteiger partial charge in [-0.25, -0.2) is 4.85 Å². The van der Waals surface area contributed by atoms with E-state index in [2.05, 4.69) is 154 Å². The second kappa shape index (κ2) is 10.4. The van der Waals surface area contributed by atoms with Gasteiger partial charge < -0.3 is 9.13 Å². The summed E-state index contributed by atoms with van der Waals surface area (Å²) in [6.45, 7) is 7.25. The predicted octanol–water partition coefficient (Wildman–Crippen LogP) is 11.8. The topological polar surface area (TPSA) is 14.2 Å². The van der Waals surface area contributed by atoms with Gasteiger partial charge in [0.1, 0.15) is 0 Å². The fraction of sp³-hybridized carbons (Fsp3) is 0. The molecule has 0 saturated heterocycles. The molecule has 0 unspecified atom stereocenters. The van der Waals surface area contributed by atoms with Crippen LogP contribution in [0.5, 0.6) is 0 Å². The van der Waals surface area contributed by atoms with Gasteiger partial charge in [0.05, 0.1) is 28.6 Å². The molecule has 2 aromatic heterocycles. The molecule has 9 aromatic rings. The average Bonchev–Trinajstić information content (AvgIpc) is 3.64. The minimum atomic E-state index is 0.655. The van der Waals surface area contributed by atoms with Gasteiger partial charge in [-0.05, 0) is 76.9 Å². The van der Waals surface area contributed by atoms with Crippen molar-refractivity contribution >= 4 is 49.3 Å². The Morgan fingerprint density at radius 1 is 0.348 bits per heavy atom. The second-order valence-corrected chi connectivity index (χ2v) is 11.7. The van der Waals surface area contributed by atoms with Crippen LogP contribution >= 0.6 is 0 Å². The van der Waals surface area contributed by atoms with Crippen molar-refractivity contribution in [3.8, 4) is 33.6 Å². The predicted molar refractivity (Wildman–Crippen MR) is 192 cm³/mol. The fourth-order valence-electron chi connectivity index (χ4n) is 6.97. The maximum Gasteiger partial charge on any atom is 0.187 e. The molecule has 3 nitrogen and oxygen atoms in total. The smallest absolute Gasteiger partial charge is 0.187 e. The summed E-state index contributed by atoms with van der Waals surface area (Å²) in [4.78, 5) is 3.53. The van der Waals surface area contributed by atoms with Gasteiger partial charge in [0.25, 0.3) is 0 Å². The Balaban J connectivity index is 1.20. The zero-order valence-electron chi connectivity index (χ0n) is 24.9. The minimum absolute atomic E-state index is 0.655. The molecule has 46 heavy (non-hydrogen) atoms. The molecule has 2 heterocycles. The third-order valence-corrected chi connectivity index (χ3v) is 9.15. The van der Waals surface area contributed by atoms with E-state index in [0.717, 1.165) is 16.8 Å². The Morgan fingerprint density at radius 3 is 1.52 bits per heavy atom. The third-order valence-electron chi connectivity index (χ3n) is 9.15. The van der Waals surface area contributed by atoms with Crippen molar-refractivity contribution in [1.29, 1.82) is 0 Å². The van der Waals surface area contributed by atoms with Gasteiger partial charge in [-0.2, -0.15) is 0 Å². The number of fused-ring (bicyclic) bond motifs is 6. The summed E-state index contributed by atoms with van der Waals surface area (Å²) in [6.07, 6.45) is 0. The number of nitrogens with zero attached hydrogens (tertiary/aromatic N) is 3. The van der Waals surface area contributed by atoms with Crippen molar-refractivity contribution in [2.24, 2.45) is 0 Å². The van der Waals surface area contributed by atoms with Gasteiger partial charge in [-0.15, -0.1) is 0 Å². The molecule has 0 bridgehead atoms. The highest BCUT2D eigenvalue weighted by Gasteiger charge is 2.16. The molecule has 0 aliphatic rings. The summed E-state index contributed by atoms with van der Waals surface area (Å²) < 4.78 is 4.73. The number of benzene rings is 7. The Hall–Kier alpha value is -6.37. The van der Waals surface area contributed by atoms with Gasteiger partial charge in [0.15, 0.2) is 5.69 Å². The van der Waals surface area contributed by atoms with E-state index in [9.17, 15) is 0 Å². The summed E-state index contributed by atoms with van der Waals surface area (Å²) in [7, 11) is 0. The van der Waals surface area contributed by atoms with E-state index in [4.69, 9.17) is 6.57 Å². The third kappa shape index (κ3) is 4.05. The standard InChI is InChI=1S/C43H27N3/c1-44-33-21-15-29(16-22-33)30-17-23-35(24-18-30)46-40-13-7-5-11-36(40)38-25-19-32(28-43(38)46)31-20-26-42-39(27-31)37-12-6-8-14-41(37)45(42)34-9-3-2-4-10-34/h2-28H. The summed E-state index contributed by atoms with van der Waals surface area (Å²) in [6, 6.07) is 58.2. The summed E-state index contributed by atoms with van der Waals surface area (Å²) in [5, 5.41) is 4.98. The Labute approximate surface area is 266 Å². The van der Waals surface area contributed by atoms with Crippen LogP contribution in [0, 0.1) is 6.57 Å². The molecular weight excluding hydrogens is 558 g/mol. The lowest BCUT2D eigenvalue weighted by Crippen LogP contribution is -1.94. The van der Waals surface area contributed by atoms with Crippen LogP contribution in [0.4, 0.5) is 5.69 Å². The van der Waals surface area contributed by atoms with E-state index in [1.54, 1.807) is 0 Å². The van der Waals surface area contributed by atoms with Gasteiger partial charge in [-0.3, -0.25) is 0 Å². The van der Waals surface area contributed by atoms with Crippen molar-refractivity contribution in [3.63, 3.8) is 0 Å². The molecule has 0 radical (unpaired) electrons.